The lowest BCUT2D eigenvalue weighted by Gasteiger charge is -2.29. The first-order valence-corrected chi connectivity index (χ1v) is 12.1. The Bertz CT molecular complexity index is 1470. The zero-order valence-electron chi connectivity index (χ0n) is 20.4. The Kier molecular flexibility index (Phi) is 7.72. The van der Waals surface area contributed by atoms with Gasteiger partial charge in [0.2, 0.25) is 0 Å². The molecule has 10 nitrogen and oxygen atoms in total. The number of nitrogens with zero attached hydrogens (tertiary/aromatic N) is 2. The number of nitrogens with one attached hydrogen (secondary N) is 1. The van der Waals surface area contributed by atoms with Gasteiger partial charge in [-0.05, 0) is 72.6 Å². The van der Waals surface area contributed by atoms with Crippen LogP contribution in [-0.4, -0.2) is 29.2 Å². The molecule has 0 aliphatic heterocycles. The number of primary amides is 1. The number of furan rings is 1. The second-order valence-corrected chi connectivity index (χ2v) is 8.98. The lowest BCUT2D eigenvalue weighted by Crippen LogP contribution is -2.43. The van der Waals surface area contributed by atoms with Gasteiger partial charge in [-0.2, -0.15) is 4.37 Å². The molecule has 2 aromatic carbocycles. The van der Waals surface area contributed by atoms with Crippen LogP contribution in [0.2, 0.25) is 0 Å². The van der Waals surface area contributed by atoms with Gasteiger partial charge in [0.15, 0.2) is 11.7 Å². The molecule has 38 heavy (non-hydrogen) atoms. The van der Waals surface area contributed by atoms with Gasteiger partial charge in [0.25, 0.3) is 17.7 Å². The number of methoxy groups -OCH3 is 1. The number of hydrogen-bond acceptors (Lipinski definition) is 8. The van der Waals surface area contributed by atoms with Gasteiger partial charge in [-0.15, -0.1) is 0 Å². The Morgan fingerprint density at radius 2 is 1.79 bits per heavy atom. The molecule has 0 radical (unpaired) electrons. The number of carbonyl (C=O) groups is 3. The van der Waals surface area contributed by atoms with Crippen LogP contribution in [0.1, 0.15) is 43.3 Å². The number of hydrogen-bond donors (Lipinski definition) is 3. The topological polar surface area (TPSA) is 154 Å². The van der Waals surface area contributed by atoms with Crippen molar-refractivity contribution < 1.29 is 27.9 Å². The number of aromatic nitrogens is 1. The number of amides is 3. The van der Waals surface area contributed by atoms with Gasteiger partial charge >= 0.3 is 0 Å². The number of benzene rings is 2. The molecule has 2 heterocycles. The van der Waals surface area contributed by atoms with Crippen molar-refractivity contribution in [2.24, 2.45) is 5.73 Å². The van der Waals surface area contributed by atoms with Crippen LogP contribution >= 0.6 is 11.5 Å². The van der Waals surface area contributed by atoms with Crippen LogP contribution in [0.5, 0.6) is 5.75 Å². The van der Waals surface area contributed by atoms with Gasteiger partial charge in [0.1, 0.15) is 28.0 Å². The van der Waals surface area contributed by atoms with Gasteiger partial charge < -0.3 is 25.9 Å². The van der Waals surface area contributed by atoms with Crippen LogP contribution in [0.3, 0.4) is 0 Å². The first-order valence-electron chi connectivity index (χ1n) is 11.3. The maximum absolute atomic E-state index is 13.9. The number of ether oxygens (including phenoxy) is 1. The normalized spacial score (nSPS) is 11.6. The van der Waals surface area contributed by atoms with Crippen molar-refractivity contribution in [2.75, 3.05) is 17.7 Å². The van der Waals surface area contributed by atoms with Crippen LogP contribution in [0.15, 0.2) is 65.1 Å². The fraction of sp³-hybridized carbons (Fsp3) is 0.154. The molecular weight excluding hydrogens is 513 g/mol. The molecule has 0 aliphatic rings. The van der Waals surface area contributed by atoms with Crippen LogP contribution < -0.4 is 26.4 Å². The fourth-order valence-corrected chi connectivity index (χ4v) is 4.47. The Hall–Kier alpha value is -4.71. The highest BCUT2D eigenvalue weighted by molar-refractivity contribution is 7.09. The summed E-state index contributed by atoms with van der Waals surface area (Å²) in [6.07, 6.45) is 0. The van der Waals surface area contributed by atoms with E-state index in [0.29, 0.717) is 23.0 Å². The molecule has 4 aromatic rings. The van der Waals surface area contributed by atoms with E-state index in [2.05, 4.69) is 9.69 Å². The van der Waals surface area contributed by atoms with Gasteiger partial charge in [0.05, 0.1) is 12.8 Å². The molecule has 0 bridgehead atoms. The summed E-state index contributed by atoms with van der Waals surface area (Å²) in [5.74, 6) is -1.44. The molecule has 0 aliphatic carbocycles. The average Bonchev–Trinajstić information content (AvgIpc) is 3.51. The Balaban J connectivity index is 1.76. The van der Waals surface area contributed by atoms with E-state index in [1.807, 2.05) is 0 Å². The Labute approximate surface area is 221 Å². The molecule has 196 valence electrons. The maximum Gasteiger partial charge on any atom is 0.273 e. The fourth-order valence-electron chi connectivity index (χ4n) is 3.73. The third-order valence-electron chi connectivity index (χ3n) is 5.64. The molecule has 0 saturated carbocycles. The largest absolute Gasteiger partial charge is 0.497 e. The third-order valence-corrected chi connectivity index (χ3v) is 6.49. The molecule has 0 unspecified atom stereocenters. The molecule has 12 heteroatoms. The summed E-state index contributed by atoms with van der Waals surface area (Å²) in [5.41, 5.74) is 11.8. The Morgan fingerprint density at radius 1 is 1.11 bits per heavy atom. The third kappa shape index (κ3) is 5.49. The van der Waals surface area contributed by atoms with Crippen molar-refractivity contribution in [1.29, 1.82) is 0 Å². The highest BCUT2D eigenvalue weighted by Crippen LogP contribution is 2.34. The minimum atomic E-state index is -1.32. The number of anilines is 2. The van der Waals surface area contributed by atoms with Crippen molar-refractivity contribution in [2.45, 2.75) is 19.5 Å². The summed E-state index contributed by atoms with van der Waals surface area (Å²) in [7, 11) is 1.55. The minimum Gasteiger partial charge on any atom is -0.497 e. The van der Waals surface area contributed by atoms with Crippen molar-refractivity contribution in [3.05, 3.63) is 94.1 Å². The minimum absolute atomic E-state index is 0.112. The second-order valence-electron chi connectivity index (χ2n) is 8.21. The van der Waals surface area contributed by atoms with Gasteiger partial charge in [-0.1, -0.05) is 12.1 Å². The van der Waals surface area contributed by atoms with E-state index in [1.54, 1.807) is 50.4 Å². The number of carbonyl (C=O) groups excluding carboxylic acids is 3. The molecule has 5 N–H and O–H groups in total. The van der Waals surface area contributed by atoms with Gasteiger partial charge in [-0.3, -0.25) is 19.3 Å². The number of aryl methyl sites for hydroxylation is 1. The van der Waals surface area contributed by atoms with Crippen LogP contribution in [-0.2, 0) is 11.3 Å². The predicted molar refractivity (Wildman–Crippen MR) is 139 cm³/mol. The first kappa shape index (κ1) is 26.4. The van der Waals surface area contributed by atoms with E-state index < -0.39 is 29.6 Å². The van der Waals surface area contributed by atoms with Gasteiger partial charge in [0, 0.05) is 12.2 Å². The van der Waals surface area contributed by atoms with E-state index in [9.17, 15) is 18.8 Å². The van der Waals surface area contributed by atoms with E-state index in [4.69, 9.17) is 20.6 Å². The van der Waals surface area contributed by atoms with Gasteiger partial charge in [-0.25, -0.2) is 4.39 Å². The van der Waals surface area contributed by atoms with E-state index >= 15 is 0 Å². The quantitative estimate of drug-likeness (QED) is 0.295. The molecule has 3 amide bonds. The smallest absolute Gasteiger partial charge is 0.273 e. The van der Waals surface area contributed by atoms with E-state index in [1.165, 1.54) is 12.1 Å². The molecular formula is C26H24FN5O5S. The van der Waals surface area contributed by atoms with E-state index in [-0.39, 0.29) is 34.3 Å². The van der Waals surface area contributed by atoms with Crippen molar-refractivity contribution in [1.82, 2.24) is 9.69 Å². The van der Waals surface area contributed by atoms with Crippen LogP contribution in [0.25, 0.3) is 0 Å². The average molecular weight is 538 g/mol. The summed E-state index contributed by atoms with van der Waals surface area (Å²) in [4.78, 5) is 40.3. The maximum atomic E-state index is 13.9. The highest BCUT2D eigenvalue weighted by atomic mass is 32.1. The predicted octanol–water partition coefficient (Wildman–Crippen LogP) is 3.58. The second kappa shape index (κ2) is 11.1. The molecule has 0 fully saturated rings. The number of rotatable bonds is 9. The SMILES string of the molecule is COc1ccc(CNC(=O)[C@H](c2ccc(C)o2)N(C(=O)c2snc(C(N)=O)c2N)c2ccc(F)cc2)cc1. The summed E-state index contributed by atoms with van der Waals surface area (Å²) < 4.78 is 28.6. The first-order chi connectivity index (χ1) is 18.2. The summed E-state index contributed by atoms with van der Waals surface area (Å²) in [6, 6.07) is 14.0. The summed E-state index contributed by atoms with van der Waals surface area (Å²) in [5, 5.41) is 2.82. The lowest BCUT2D eigenvalue weighted by atomic mass is 10.1. The number of halogens is 1. The zero-order valence-corrected chi connectivity index (χ0v) is 21.3. The summed E-state index contributed by atoms with van der Waals surface area (Å²) >= 11 is 0.667. The highest BCUT2D eigenvalue weighted by Gasteiger charge is 2.37. The summed E-state index contributed by atoms with van der Waals surface area (Å²) in [6.45, 7) is 1.83. The van der Waals surface area contributed by atoms with Crippen molar-refractivity contribution >= 4 is 40.6 Å². The standard InChI is InChI=1S/C26H24FN5O5S/c1-14-3-12-19(37-14)22(25(34)30-13-15-4-10-18(36-2)11-5-15)32(17-8-6-16(27)7-9-17)26(35)23-20(28)21(24(29)33)31-38-23/h3-12,22H,13,28H2,1-2H3,(H2,29,33)(H,30,34)/t22-/m0/s1. The van der Waals surface area contributed by atoms with Crippen LogP contribution in [0, 0.1) is 12.7 Å². The number of nitrogen functional groups attached to an aromatic ring is 1. The molecule has 0 spiro atoms. The van der Waals surface area contributed by atoms with Crippen LogP contribution in [0.4, 0.5) is 15.8 Å². The molecule has 2 aromatic heterocycles. The Morgan fingerprint density at radius 3 is 2.34 bits per heavy atom. The number of nitrogens with two attached hydrogens (primary N) is 2. The monoisotopic (exact) mass is 537 g/mol. The lowest BCUT2D eigenvalue weighted by molar-refractivity contribution is -0.123. The molecule has 4 rings (SSSR count). The van der Waals surface area contributed by atoms with Crippen molar-refractivity contribution in [3.8, 4) is 5.75 Å². The van der Waals surface area contributed by atoms with Crippen molar-refractivity contribution in [3.63, 3.8) is 0 Å². The van der Waals surface area contributed by atoms with E-state index in [0.717, 1.165) is 22.6 Å². The molecule has 0 saturated heterocycles. The zero-order chi connectivity index (χ0) is 27.4. The molecule has 1 atom stereocenters.